The molecule has 0 aromatic heterocycles. The molecule has 2 heteroatoms. The Labute approximate surface area is 248 Å². The van der Waals surface area contributed by atoms with Crippen molar-refractivity contribution in [2.24, 2.45) is 5.73 Å². The van der Waals surface area contributed by atoms with E-state index in [0.717, 1.165) is 45.6 Å². The minimum atomic E-state index is 0.678. The Morgan fingerprint density at radius 1 is 0.762 bits per heavy atom. The Morgan fingerprint density at radius 3 is 2.36 bits per heavy atom. The number of rotatable bonds is 9. The summed E-state index contributed by atoms with van der Waals surface area (Å²) in [5, 5.41) is 3.57. The minimum Gasteiger partial charge on any atom is -0.405 e. The number of anilines is 2. The number of para-hydroxylation sites is 1. The number of nitrogens with two attached hydrogens (primary N) is 1. The van der Waals surface area contributed by atoms with E-state index < -0.39 is 0 Å². The van der Waals surface area contributed by atoms with Crippen LogP contribution in [0, 0.1) is 0 Å². The van der Waals surface area contributed by atoms with Gasteiger partial charge >= 0.3 is 0 Å². The standard InChI is InChI=1S/C40H34N2/c1-3-12-34(36-20-10-21-37-35-19-8-7-14-32(35)27-39(36)37)31-16-9-15-29(25-31)30-22-23-40(42-33-17-5-4-6-18-33)38(26-30)28(2)13-11-24-41/h3-12,14-26,42H,1-2,13,27,41H2/b24-11-,34-12-. The molecule has 0 radical (unpaired) electrons. The van der Waals surface area contributed by atoms with Crippen LogP contribution < -0.4 is 11.1 Å². The lowest BCUT2D eigenvalue weighted by molar-refractivity contribution is 1.25. The molecule has 5 aromatic rings. The summed E-state index contributed by atoms with van der Waals surface area (Å²) in [6.07, 6.45) is 9.16. The van der Waals surface area contributed by atoms with Crippen LogP contribution in [0.15, 0.2) is 153 Å². The van der Waals surface area contributed by atoms with Gasteiger partial charge in [-0.05, 0) is 105 Å². The second kappa shape index (κ2) is 12.0. The molecule has 0 amide bonds. The van der Waals surface area contributed by atoms with Crippen LogP contribution in [0.4, 0.5) is 11.4 Å². The van der Waals surface area contributed by atoms with Crippen molar-refractivity contribution in [2.75, 3.05) is 5.32 Å². The van der Waals surface area contributed by atoms with Crippen LogP contribution in [0.5, 0.6) is 0 Å². The Morgan fingerprint density at radius 2 is 1.52 bits per heavy atom. The molecule has 0 heterocycles. The number of allylic oxidation sites excluding steroid dienone is 4. The summed E-state index contributed by atoms with van der Waals surface area (Å²) in [6, 6.07) is 40.9. The fourth-order valence-electron chi connectivity index (χ4n) is 5.86. The van der Waals surface area contributed by atoms with Gasteiger partial charge in [0.1, 0.15) is 0 Å². The third-order valence-electron chi connectivity index (χ3n) is 7.89. The third kappa shape index (κ3) is 5.35. The lowest BCUT2D eigenvalue weighted by atomic mass is 9.89. The molecule has 42 heavy (non-hydrogen) atoms. The first-order chi connectivity index (χ1) is 20.7. The van der Waals surface area contributed by atoms with Gasteiger partial charge in [-0.3, -0.25) is 0 Å². The minimum absolute atomic E-state index is 0.678. The van der Waals surface area contributed by atoms with Crippen LogP contribution in [-0.4, -0.2) is 0 Å². The SMILES string of the molecule is C=C/C=C(/c1cccc(-c2ccc(Nc3ccccc3)c(C(=C)C/C=C\N)c2)c1)c1cccc2c1Cc1ccccc1-2. The Balaban J connectivity index is 1.40. The Hall–Kier alpha value is -5.34. The van der Waals surface area contributed by atoms with E-state index in [2.05, 4.69) is 122 Å². The van der Waals surface area contributed by atoms with Crippen LogP contribution in [0.1, 0.15) is 34.2 Å². The summed E-state index contributed by atoms with van der Waals surface area (Å²) in [5.74, 6) is 0. The summed E-state index contributed by atoms with van der Waals surface area (Å²) in [6.45, 7) is 8.45. The van der Waals surface area contributed by atoms with E-state index in [1.54, 1.807) is 6.20 Å². The smallest absolute Gasteiger partial charge is 0.0460 e. The highest BCUT2D eigenvalue weighted by molar-refractivity contribution is 5.90. The molecule has 3 N–H and O–H groups in total. The van der Waals surface area contributed by atoms with Gasteiger partial charge in [0.25, 0.3) is 0 Å². The maximum Gasteiger partial charge on any atom is 0.0460 e. The molecule has 2 nitrogen and oxygen atoms in total. The Kier molecular flexibility index (Phi) is 7.70. The predicted molar refractivity (Wildman–Crippen MR) is 181 cm³/mol. The van der Waals surface area contributed by atoms with Gasteiger partial charge in [-0.15, -0.1) is 0 Å². The van der Waals surface area contributed by atoms with Crippen LogP contribution in [-0.2, 0) is 6.42 Å². The van der Waals surface area contributed by atoms with Crippen molar-refractivity contribution in [2.45, 2.75) is 12.8 Å². The number of nitrogens with one attached hydrogen (secondary N) is 1. The molecule has 0 saturated heterocycles. The third-order valence-corrected chi connectivity index (χ3v) is 7.89. The lowest BCUT2D eigenvalue weighted by Gasteiger charge is -2.17. The molecule has 1 aliphatic rings. The summed E-state index contributed by atoms with van der Waals surface area (Å²) in [4.78, 5) is 0. The summed E-state index contributed by atoms with van der Waals surface area (Å²) >= 11 is 0. The van der Waals surface area contributed by atoms with Crippen LogP contribution >= 0.6 is 0 Å². The second-order valence-electron chi connectivity index (χ2n) is 10.5. The maximum absolute atomic E-state index is 5.66. The highest BCUT2D eigenvalue weighted by atomic mass is 14.9. The molecule has 5 aromatic carbocycles. The first-order valence-electron chi connectivity index (χ1n) is 14.3. The second-order valence-corrected chi connectivity index (χ2v) is 10.5. The molecule has 0 bridgehead atoms. The Bertz CT molecular complexity index is 1840. The molecule has 0 unspecified atom stereocenters. The topological polar surface area (TPSA) is 38.0 Å². The summed E-state index contributed by atoms with van der Waals surface area (Å²) in [7, 11) is 0. The van der Waals surface area contributed by atoms with Gasteiger partial charge in [-0.1, -0.05) is 116 Å². The lowest BCUT2D eigenvalue weighted by Crippen LogP contribution is -1.97. The highest BCUT2D eigenvalue weighted by Gasteiger charge is 2.22. The summed E-state index contributed by atoms with van der Waals surface area (Å²) < 4.78 is 0. The number of hydrogen-bond donors (Lipinski definition) is 2. The van der Waals surface area contributed by atoms with Gasteiger partial charge in [-0.25, -0.2) is 0 Å². The van der Waals surface area contributed by atoms with Crippen molar-refractivity contribution in [1.82, 2.24) is 0 Å². The molecular weight excluding hydrogens is 508 g/mol. The largest absolute Gasteiger partial charge is 0.405 e. The zero-order chi connectivity index (χ0) is 28.9. The quantitative estimate of drug-likeness (QED) is 0.178. The van der Waals surface area contributed by atoms with Crippen molar-refractivity contribution >= 4 is 22.5 Å². The van der Waals surface area contributed by atoms with Crippen molar-refractivity contribution in [1.29, 1.82) is 0 Å². The zero-order valence-electron chi connectivity index (χ0n) is 23.7. The van der Waals surface area contributed by atoms with Crippen molar-refractivity contribution in [3.63, 3.8) is 0 Å². The van der Waals surface area contributed by atoms with Gasteiger partial charge in [0.2, 0.25) is 0 Å². The van der Waals surface area contributed by atoms with Crippen molar-refractivity contribution in [3.05, 3.63) is 181 Å². The fraction of sp³-hybridized carbons (Fsp3) is 0.0500. The predicted octanol–water partition coefficient (Wildman–Crippen LogP) is 10.2. The molecular formula is C40H34N2. The summed E-state index contributed by atoms with van der Waals surface area (Å²) in [5.41, 5.74) is 21.1. The van der Waals surface area contributed by atoms with E-state index in [1.165, 1.54) is 33.4 Å². The van der Waals surface area contributed by atoms with Crippen LogP contribution in [0.2, 0.25) is 0 Å². The van der Waals surface area contributed by atoms with Crippen LogP contribution in [0.25, 0.3) is 33.4 Å². The average molecular weight is 543 g/mol. The van der Waals surface area contributed by atoms with E-state index in [1.807, 2.05) is 30.4 Å². The molecule has 204 valence electrons. The van der Waals surface area contributed by atoms with Crippen LogP contribution in [0.3, 0.4) is 0 Å². The highest BCUT2D eigenvalue weighted by Crippen LogP contribution is 2.42. The molecule has 0 spiro atoms. The molecule has 0 aliphatic heterocycles. The normalized spacial score (nSPS) is 12.1. The monoisotopic (exact) mass is 542 g/mol. The van der Waals surface area contributed by atoms with Gasteiger partial charge < -0.3 is 11.1 Å². The van der Waals surface area contributed by atoms with E-state index in [9.17, 15) is 0 Å². The average Bonchev–Trinajstić information content (AvgIpc) is 3.42. The van der Waals surface area contributed by atoms with Gasteiger partial charge in [0.05, 0.1) is 0 Å². The van der Waals surface area contributed by atoms with E-state index in [4.69, 9.17) is 5.73 Å². The van der Waals surface area contributed by atoms with E-state index in [0.29, 0.717) is 6.42 Å². The van der Waals surface area contributed by atoms with Gasteiger partial charge in [0, 0.05) is 16.9 Å². The van der Waals surface area contributed by atoms with Crippen molar-refractivity contribution < 1.29 is 0 Å². The fourth-order valence-corrected chi connectivity index (χ4v) is 5.86. The molecule has 6 rings (SSSR count). The first-order valence-corrected chi connectivity index (χ1v) is 14.3. The molecule has 1 aliphatic carbocycles. The van der Waals surface area contributed by atoms with E-state index in [-0.39, 0.29) is 0 Å². The van der Waals surface area contributed by atoms with Gasteiger partial charge in [0.15, 0.2) is 0 Å². The maximum atomic E-state index is 5.66. The van der Waals surface area contributed by atoms with Crippen molar-refractivity contribution in [3.8, 4) is 22.3 Å². The number of hydrogen-bond acceptors (Lipinski definition) is 2. The molecule has 0 fully saturated rings. The molecule has 0 atom stereocenters. The van der Waals surface area contributed by atoms with E-state index >= 15 is 0 Å². The number of fused-ring (bicyclic) bond motifs is 3. The zero-order valence-corrected chi connectivity index (χ0v) is 23.7. The molecule has 0 saturated carbocycles. The number of benzene rings is 5. The van der Waals surface area contributed by atoms with Gasteiger partial charge in [-0.2, -0.15) is 0 Å². The first kappa shape index (κ1) is 26.9.